The number of carbonyl (C=O) groups excluding carboxylic acids is 3. The monoisotopic (exact) mass is 251 g/mol. The lowest BCUT2D eigenvalue weighted by Gasteiger charge is -2.07. The van der Waals surface area contributed by atoms with Gasteiger partial charge in [-0.15, -0.1) is 0 Å². The van der Waals surface area contributed by atoms with Gasteiger partial charge in [-0.2, -0.15) is 0 Å². The molecule has 0 atom stereocenters. The lowest BCUT2D eigenvalue weighted by Crippen LogP contribution is -2.25. The molecule has 0 spiro atoms. The van der Waals surface area contributed by atoms with E-state index in [-0.39, 0.29) is 23.8 Å². The van der Waals surface area contributed by atoms with Crippen LogP contribution < -0.4 is 5.32 Å². The number of amides is 1. The molecule has 0 fully saturated rings. The molecule has 0 unspecified atom stereocenters. The molecule has 0 saturated heterocycles. The van der Waals surface area contributed by atoms with Crippen LogP contribution in [0.1, 0.15) is 24.2 Å². The summed E-state index contributed by atoms with van der Waals surface area (Å²) >= 11 is 0. The molecule has 0 aliphatic rings. The van der Waals surface area contributed by atoms with Gasteiger partial charge >= 0.3 is 11.9 Å². The molecule has 0 aromatic heterocycles. The van der Waals surface area contributed by atoms with Gasteiger partial charge in [-0.05, 0) is 32.0 Å². The Hall–Kier alpha value is -2.37. The number of esters is 1. The topological polar surface area (TPSA) is 92.7 Å². The minimum absolute atomic E-state index is 0.0132. The fourth-order valence-corrected chi connectivity index (χ4v) is 1.23. The molecule has 1 rings (SSSR count). The van der Waals surface area contributed by atoms with Gasteiger partial charge in [0.2, 0.25) is 0 Å². The first kappa shape index (κ1) is 13.7. The molecule has 18 heavy (non-hydrogen) atoms. The lowest BCUT2D eigenvalue weighted by atomic mass is 10.1. The van der Waals surface area contributed by atoms with Crippen LogP contribution in [0.25, 0.3) is 0 Å². The number of rotatable bonds is 3. The number of ether oxygens (including phenoxy) is 1. The molecule has 6 heteroatoms. The van der Waals surface area contributed by atoms with Crippen molar-refractivity contribution in [1.29, 1.82) is 0 Å². The molecular weight excluding hydrogens is 238 g/mol. The molecule has 0 heterocycles. The van der Waals surface area contributed by atoms with Crippen LogP contribution in [0.4, 0.5) is 5.69 Å². The van der Waals surface area contributed by atoms with Crippen molar-refractivity contribution in [2.45, 2.75) is 13.8 Å². The Labute approximate surface area is 104 Å². The zero-order valence-electron chi connectivity index (χ0n) is 10.0. The summed E-state index contributed by atoms with van der Waals surface area (Å²) in [7, 11) is 0. The third-order valence-corrected chi connectivity index (χ3v) is 2.11. The standard InChI is InChI=1S/C12H13NO5/c1-3-18-12(17)11(16)13-9-6-8(7(2)14)4-5-10(9)15/h4-6,15H,3H2,1-2H3,(H,13,16). The van der Waals surface area contributed by atoms with E-state index >= 15 is 0 Å². The van der Waals surface area contributed by atoms with Crippen LogP contribution in [0.2, 0.25) is 0 Å². The van der Waals surface area contributed by atoms with Gasteiger partial charge in [0.05, 0.1) is 12.3 Å². The number of ketones is 1. The molecule has 0 radical (unpaired) electrons. The Morgan fingerprint density at radius 2 is 2.00 bits per heavy atom. The van der Waals surface area contributed by atoms with Crippen LogP contribution in [-0.2, 0) is 14.3 Å². The van der Waals surface area contributed by atoms with Crippen LogP contribution in [0, 0.1) is 0 Å². The highest BCUT2D eigenvalue weighted by molar-refractivity contribution is 6.37. The SMILES string of the molecule is CCOC(=O)C(=O)Nc1cc(C(C)=O)ccc1O. The predicted molar refractivity (Wildman–Crippen MR) is 63.4 cm³/mol. The molecule has 1 aromatic rings. The van der Waals surface area contributed by atoms with Crippen molar-refractivity contribution in [2.75, 3.05) is 11.9 Å². The van der Waals surface area contributed by atoms with Crippen molar-refractivity contribution in [1.82, 2.24) is 0 Å². The smallest absolute Gasteiger partial charge is 0.397 e. The van der Waals surface area contributed by atoms with Gasteiger partial charge in [-0.1, -0.05) is 0 Å². The van der Waals surface area contributed by atoms with E-state index in [4.69, 9.17) is 0 Å². The van der Waals surface area contributed by atoms with Crippen LogP contribution in [0.5, 0.6) is 5.75 Å². The van der Waals surface area contributed by atoms with Crippen molar-refractivity contribution in [3.05, 3.63) is 23.8 Å². The van der Waals surface area contributed by atoms with Crippen molar-refractivity contribution in [3.63, 3.8) is 0 Å². The Kier molecular flexibility index (Phi) is 4.42. The van der Waals surface area contributed by atoms with Gasteiger partial charge < -0.3 is 15.2 Å². The molecule has 96 valence electrons. The van der Waals surface area contributed by atoms with E-state index < -0.39 is 11.9 Å². The molecule has 1 amide bonds. The maximum atomic E-state index is 11.4. The van der Waals surface area contributed by atoms with Gasteiger partial charge in [0.25, 0.3) is 0 Å². The van der Waals surface area contributed by atoms with Gasteiger partial charge in [0, 0.05) is 5.56 Å². The first-order valence-corrected chi connectivity index (χ1v) is 5.27. The highest BCUT2D eigenvalue weighted by atomic mass is 16.5. The second-order valence-corrected chi connectivity index (χ2v) is 3.46. The van der Waals surface area contributed by atoms with Crippen LogP contribution >= 0.6 is 0 Å². The number of anilines is 1. The van der Waals surface area contributed by atoms with E-state index in [2.05, 4.69) is 10.1 Å². The summed E-state index contributed by atoms with van der Waals surface area (Å²) in [5.74, 6) is -2.52. The van der Waals surface area contributed by atoms with Crippen molar-refractivity contribution >= 4 is 23.3 Å². The third kappa shape index (κ3) is 3.31. The first-order valence-electron chi connectivity index (χ1n) is 5.27. The molecular formula is C12H13NO5. The number of carbonyl (C=O) groups is 3. The minimum atomic E-state index is -1.05. The molecule has 2 N–H and O–H groups in total. The fraction of sp³-hybridized carbons (Fsp3) is 0.250. The molecule has 0 bridgehead atoms. The molecule has 1 aromatic carbocycles. The maximum absolute atomic E-state index is 11.4. The summed E-state index contributed by atoms with van der Waals surface area (Å²) in [4.78, 5) is 33.6. The number of nitrogens with one attached hydrogen (secondary N) is 1. The zero-order valence-corrected chi connectivity index (χ0v) is 10.0. The molecule has 0 aliphatic carbocycles. The van der Waals surface area contributed by atoms with E-state index in [0.29, 0.717) is 5.56 Å². The largest absolute Gasteiger partial charge is 0.506 e. The predicted octanol–water partition coefficient (Wildman–Crippen LogP) is 1.10. The average molecular weight is 251 g/mol. The minimum Gasteiger partial charge on any atom is -0.506 e. The summed E-state index contributed by atoms with van der Waals surface area (Å²) < 4.78 is 4.49. The lowest BCUT2D eigenvalue weighted by molar-refractivity contribution is -0.152. The number of phenols is 1. The number of benzene rings is 1. The zero-order chi connectivity index (χ0) is 13.7. The molecule has 0 aliphatic heterocycles. The quantitative estimate of drug-likeness (QED) is 0.363. The number of hydrogen-bond donors (Lipinski definition) is 2. The Bertz CT molecular complexity index is 495. The Morgan fingerprint density at radius 3 is 2.56 bits per heavy atom. The van der Waals surface area contributed by atoms with E-state index in [1.165, 1.54) is 25.1 Å². The van der Waals surface area contributed by atoms with Crippen molar-refractivity contribution in [3.8, 4) is 5.75 Å². The average Bonchev–Trinajstić information content (AvgIpc) is 2.31. The Balaban J connectivity index is 2.90. The summed E-state index contributed by atoms with van der Waals surface area (Å²) in [6, 6.07) is 3.96. The normalized spacial score (nSPS) is 9.67. The van der Waals surface area contributed by atoms with E-state index in [9.17, 15) is 19.5 Å². The number of Topliss-reactive ketones (excluding diaryl/α,β-unsaturated/α-hetero) is 1. The number of phenolic OH excluding ortho intramolecular Hbond substituents is 1. The van der Waals surface area contributed by atoms with Crippen molar-refractivity contribution < 1.29 is 24.2 Å². The molecule has 6 nitrogen and oxygen atoms in total. The van der Waals surface area contributed by atoms with Crippen molar-refractivity contribution in [2.24, 2.45) is 0 Å². The van der Waals surface area contributed by atoms with Crippen LogP contribution in [0.15, 0.2) is 18.2 Å². The van der Waals surface area contributed by atoms with E-state index in [1.807, 2.05) is 0 Å². The second kappa shape index (κ2) is 5.81. The van der Waals surface area contributed by atoms with Crippen LogP contribution in [0.3, 0.4) is 0 Å². The summed E-state index contributed by atoms with van der Waals surface area (Å²) in [6.07, 6.45) is 0. The highest BCUT2D eigenvalue weighted by Crippen LogP contribution is 2.24. The fourth-order valence-electron chi connectivity index (χ4n) is 1.23. The highest BCUT2D eigenvalue weighted by Gasteiger charge is 2.17. The van der Waals surface area contributed by atoms with E-state index in [0.717, 1.165) is 0 Å². The van der Waals surface area contributed by atoms with Gasteiger partial charge in [0.1, 0.15) is 5.75 Å². The van der Waals surface area contributed by atoms with Crippen LogP contribution in [-0.4, -0.2) is 29.4 Å². The summed E-state index contributed by atoms with van der Waals surface area (Å²) in [5.41, 5.74) is 0.299. The first-order chi connectivity index (χ1) is 8.45. The Morgan fingerprint density at radius 1 is 1.33 bits per heavy atom. The third-order valence-electron chi connectivity index (χ3n) is 2.11. The second-order valence-electron chi connectivity index (χ2n) is 3.46. The van der Waals surface area contributed by atoms with Gasteiger partial charge in [0.15, 0.2) is 5.78 Å². The summed E-state index contributed by atoms with van der Waals surface area (Å²) in [6.45, 7) is 2.99. The van der Waals surface area contributed by atoms with Gasteiger partial charge in [-0.3, -0.25) is 9.59 Å². The summed E-state index contributed by atoms with van der Waals surface area (Å²) in [5, 5.41) is 11.7. The van der Waals surface area contributed by atoms with E-state index in [1.54, 1.807) is 6.92 Å². The number of aromatic hydroxyl groups is 1. The number of hydrogen-bond acceptors (Lipinski definition) is 5. The van der Waals surface area contributed by atoms with Gasteiger partial charge in [-0.25, -0.2) is 4.79 Å². The molecule has 0 saturated carbocycles. The maximum Gasteiger partial charge on any atom is 0.397 e.